The predicted octanol–water partition coefficient (Wildman–Crippen LogP) is 3.52. The number of para-hydroxylation sites is 2. The molecule has 5 heteroatoms. The number of nitrogens with one attached hydrogen (secondary N) is 2. The first-order valence-corrected chi connectivity index (χ1v) is 8.64. The molecule has 0 unspecified atom stereocenters. The van der Waals surface area contributed by atoms with Gasteiger partial charge in [0.1, 0.15) is 12.4 Å². The van der Waals surface area contributed by atoms with Gasteiger partial charge in [0.25, 0.3) is 0 Å². The minimum absolute atomic E-state index is 0.212. The third-order valence-electron chi connectivity index (χ3n) is 3.98. The summed E-state index contributed by atoms with van der Waals surface area (Å²) in [5.41, 5.74) is 2.90. The van der Waals surface area contributed by atoms with Crippen molar-refractivity contribution < 1.29 is 9.53 Å². The fourth-order valence-electron chi connectivity index (χ4n) is 2.45. The summed E-state index contributed by atoms with van der Waals surface area (Å²) in [4.78, 5) is 14.2. The number of carbonyl (C=O) groups is 1. The Kier molecular flexibility index (Phi) is 7.38. The molecule has 0 aromatic heterocycles. The van der Waals surface area contributed by atoms with Gasteiger partial charge in [-0.05, 0) is 43.2 Å². The van der Waals surface area contributed by atoms with E-state index >= 15 is 0 Å². The quantitative estimate of drug-likeness (QED) is 0.716. The Hall–Kier alpha value is -3.13. The maximum Gasteiger partial charge on any atom is 0.319 e. The van der Waals surface area contributed by atoms with Crippen LogP contribution in [0, 0.1) is 12.3 Å². The zero-order chi connectivity index (χ0) is 18.8. The molecule has 0 aliphatic heterocycles. The third-order valence-corrected chi connectivity index (χ3v) is 3.98. The van der Waals surface area contributed by atoms with Crippen molar-refractivity contribution in [2.45, 2.75) is 13.3 Å². The Morgan fingerprint density at radius 3 is 2.62 bits per heavy atom. The lowest BCUT2D eigenvalue weighted by Crippen LogP contribution is -2.31. The SMILES string of the molecule is C#CCOc1ccc(CCNC(=O)Nc2ccccc2N(C)CC)cc1. The van der Waals surface area contributed by atoms with E-state index in [1.165, 1.54) is 0 Å². The average Bonchev–Trinajstić information content (AvgIpc) is 2.67. The monoisotopic (exact) mass is 351 g/mol. The van der Waals surface area contributed by atoms with E-state index in [-0.39, 0.29) is 12.6 Å². The van der Waals surface area contributed by atoms with Crippen molar-refractivity contribution in [1.29, 1.82) is 0 Å². The normalized spacial score (nSPS) is 9.88. The number of benzene rings is 2. The van der Waals surface area contributed by atoms with E-state index in [9.17, 15) is 4.79 Å². The van der Waals surface area contributed by atoms with Gasteiger partial charge in [0, 0.05) is 20.1 Å². The van der Waals surface area contributed by atoms with Crippen molar-refractivity contribution in [3.8, 4) is 18.1 Å². The van der Waals surface area contributed by atoms with Gasteiger partial charge < -0.3 is 20.3 Å². The van der Waals surface area contributed by atoms with E-state index in [0.29, 0.717) is 6.54 Å². The Morgan fingerprint density at radius 2 is 1.92 bits per heavy atom. The third kappa shape index (κ3) is 5.75. The lowest BCUT2D eigenvalue weighted by atomic mass is 10.1. The van der Waals surface area contributed by atoms with Crippen molar-refractivity contribution in [3.63, 3.8) is 0 Å². The van der Waals surface area contributed by atoms with Gasteiger partial charge in [-0.15, -0.1) is 6.42 Å². The fraction of sp³-hybridized carbons (Fsp3) is 0.286. The number of terminal acetylenes is 1. The molecule has 0 atom stereocenters. The summed E-state index contributed by atoms with van der Waals surface area (Å²) in [7, 11) is 2.00. The largest absolute Gasteiger partial charge is 0.481 e. The lowest BCUT2D eigenvalue weighted by Gasteiger charge is -2.20. The zero-order valence-corrected chi connectivity index (χ0v) is 15.3. The van der Waals surface area contributed by atoms with E-state index < -0.39 is 0 Å². The van der Waals surface area contributed by atoms with E-state index in [4.69, 9.17) is 11.2 Å². The second-order valence-electron chi connectivity index (χ2n) is 5.80. The molecule has 0 heterocycles. The van der Waals surface area contributed by atoms with Crippen LogP contribution in [-0.4, -0.2) is 32.8 Å². The molecule has 2 rings (SSSR count). The molecule has 0 bridgehead atoms. The molecule has 2 N–H and O–H groups in total. The van der Waals surface area contributed by atoms with Crippen molar-refractivity contribution in [2.75, 3.05) is 37.0 Å². The Balaban J connectivity index is 1.82. The number of anilines is 2. The van der Waals surface area contributed by atoms with Crippen molar-refractivity contribution >= 4 is 17.4 Å². The van der Waals surface area contributed by atoms with Crippen LogP contribution in [0.3, 0.4) is 0 Å². The van der Waals surface area contributed by atoms with E-state index in [0.717, 1.165) is 35.7 Å². The molecule has 0 radical (unpaired) electrons. The molecule has 0 aliphatic rings. The van der Waals surface area contributed by atoms with Crippen LogP contribution in [0.2, 0.25) is 0 Å². The fourth-order valence-corrected chi connectivity index (χ4v) is 2.45. The molecule has 26 heavy (non-hydrogen) atoms. The number of urea groups is 1. The highest BCUT2D eigenvalue weighted by Crippen LogP contribution is 2.24. The summed E-state index contributed by atoms with van der Waals surface area (Å²) >= 11 is 0. The standard InChI is InChI=1S/C21H25N3O2/c1-4-16-26-18-12-10-17(11-13-18)14-15-22-21(25)23-19-8-6-7-9-20(19)24(3)5-2/h1,6-13H,5,14-16H2,2-3H3,(H2,22,23,25). The molecule has 0 spiro atoms. The predicted molar refractivity (Wildman–Crippen MR) is 107 cm³/mol. The van der Waals surface area contributed by atoms with Crippen LogP contribution in [0.4, 0.5) is 16.2 Å². The van der Waals surface area contributed by atoms with Gasteiger partial charge >= 0.3 is 6.03 Å². The molecule has 2 aromatic rings. The second kappa shape index (κ2) is 10.00. The first kappa shape index (κ1) is 19.2. The van der Waals surface area contributed by atoms with Crippen LogP contribution in [0.5, 0.6) is 5.75 Å². The van der Waals surface area contributed by atoms with Crippen molar-refractivity contribution in [3.05, 3.63) is 54.1 Å². The van der Waals surface area contributed by atoms with Crippen molar-refractivity contribution in [1.82, 2.24) is 5.32 Å². The van der Waals surface area contributed by atoms with Crippen LogP contribution in [0.25, 0.3) is 0 Å². The van der Waals surface area contributed by atoms with Gasteiger partial charge in [-0.1, -0.05) is 30.2 Å². The van der Waals surface area contributed by atoms with Crippen LogP contribution < -0.4 is 20.3 Å². The number of ether oxygens (including phenoxy) is 1. The Bertz CT molecular complexity index is 751. The number of amides is 2. The summed E-state index contributed by atoms with van der Waals surface area (Å²) in [6.45, 7) is 3.74. The summed E-state index contributed by atoms with van der Waals surface area (Å²) in [5, 5.41) is 5.80. The number of hydrogen-bond donors (Lipinski definition) is 2. The molecule has 0 saturated carbocycles. The van der Waals surface area contributed by atoms with E-state index in [1.807, 2.05) is 55.6 Å². The first-order valence-electron chi connectivity index (χ1n) is 8.64. The number of nitrogens with zero attached hydrogens (tertiary/aromatic N) is 1. The molecule has 0 fully saturated rings. The summed E-state index contributed by atoms with van der Waals surface area (Å²) in [5.74, 6) is 3.18. The van der Waals surface area contributed by atoms with Crippen LogP contribution in [0.15, 0.2) is 48.5 Å². The van der Waals surface area contributed by atoms with Gasteiger partial charge in [-0.3, -0.25) is 0 Å². The highest BCUT2D eigenvalue weighted by molar-refractivity contribution is 5.93. The van der Waals surface area contributed by atoms with Gasteiger partial charge in [0.05, 0.1) is 11.4 Å². The molecule has 0 aliphatic carbocycles. The number of hydrogen-bond acceptors (Lipinski definition) is 3. The average molecular weight is 351 g/mol. The smallest absolute Gasteiger partial charge is 0.319 e. The Labute approximate surface area is 155 Å². The van der Waals surface area contributed by atoms with E-state index in [2.05, 4.69) is 28.4 Å². The molecular formula is C21H25N3O2. The van der Waals surface area contributed by atoms with E-state index in [1.54, 1.807) is 0 Å². The summed E-state index contributed by atoms with van der Waals surface area (Å²) in [6, 6.07) is 15.2. The molecule has 2 amide bonds. The number of rotatable bonds is 8. The topological polar surface area (TPSA) is 53.6 Å². The maximum atomic E-state index is 12.2. The Morgan fingerprint density at radius 1 is 1.19 bits per heavy atom. The van der Waals surface area contributed by atoms with Gasteiger partial charge in [-0.25, -0.2) is 4.79 Å². The number of carbonyl (C=O) groups excluding carboxylic acids is 1. The highest BCUT2D eigenvalue weighted by atomic mass is 16.5. The minimum atomic E-state index is -0.212. The highest BCUT2D eigenvalue weighted by Gasteiger charge is 2.08. The molecule has 5 nitrogen and oxygen atoms in total. The van der Waals surface area contributed by atoms with Crippen molar-refractivity contribution in [2.24, 2.45) is 0 Å². The maximum absolute atomic E-state index is 12.2. The molecule has 136 valence electrons. The summed E-state index contributed by atoms with van der Waals surface area (Å²) in [6.07, 6.45) is 5.90. The van der Waals surface area contributed by atoms with Crippen LogP contribution in [0.1, 0.15) is 12.5 Å². The minimum Gasteiger partial charge on any atom is -0.481 e. The van der Waals surface area contributed by atoms with Gasteiger partial charge in [0.2, 0.25) is 0 Å². The summed E-state index contributed by atoms with van der Waals surface area (Å²) < 4.78 is 5.34. The van der Waals surface area contributed by atoms with Crippen LogP contribution in [-0.2, 0) is 6.42 Å². The molecular weight excluding hydrogens is 326 g/mol. The molecule has 0 saturated heterocycles. The zero-order valence-electron chi connectivity index (χ0n) is 15.3. The first-order chi connectivity index (χ1) is 12.6. The van der Waals surface area contributed by atoms with Gasteiger partial charge in [-0.2, -0.15) is 0 Å². The molecule has 2 aromatic carbocycles. The lowest BCUT2D eigenvalue weighted by molar-refractivity contribution is 0.252. The van der Waals surface area contributed by atoms with Gasteiger partial charge in [0.15, 0.2) is 0 Å². The second-order valence-corrected chi connectivity index (χ2v) is 5.80. The van der Waals surface area contributed by atoms with Crippen LogP contribution >= 0.6 is 0 Å².